The molecule has 5 aromatic carbocycles. The quantitative estimate of drug-likeness (QED) is 0.162. The van der Waals surface area contributed by atoms with E-state index in [1.807, 2.05) is 0 Å². The van der Waals surface area contributed by atoms with Gasteiger partial charge < -0.3 is 9.32 Å². The van der Waals surface area contributed by atoms with Crippen LogP contribution in [0.2, 0.25) is 0 Å². The minimum absolute atomic E-state index is 0.0301. The number of nitrogens with zero attached hydrogens (tertiary/aromatic N) is 2. The summed E-state index contributed by atoms with van der Waals surface area (Å²) in [5, 5.41) is 1.24. The number of hydrogen-bond acceptors (Lipinski definition) is 3. The molecule has 4 heteroatoms. The second-order valence-corrected chi connectivity index (χ2v) is 24.3. The summed E-state index contributed by atoms with van der Waals surface area (Å²) in [5.41, 5.74) is 20.5. The van der Waals surface area contributed by atoms with Crippen molar-refractivity contribution in [3.8, 4) is 0 Å². The van der Waals surface area contributed by atoms with Crippen LogP contribution in [-0.2, 0) is 32.5 Å². The fourth-order valence-electron chi connectivity index (χ4n) is 10.5. The summed E-state index contributed by atoms with van der Waals surface area (Å²) in [5.74, 6) is 0.948. The van der Waals surface area contributed by atoms with Gasteiger partial charge >= 0.3 is 0 Å². The van der Waals surface area contributed by atoms with Crippen LogP contribution >= 0.6 is 0 Å². The lowest BCUT2D eigenvalue weighted by Crippen LogP contribution is -2.61. The molecule has 2 aliphatic heterocycles. The minimum Gasteiger partial charge on any atom is -0.440 e. The molecule has 3 aliphatic rings. The number of hydrogen-bond donors (Lipinski definition) is 0. The van der Waals surface area contributed by atoms with E-state index in [2.05, 4.69) is 212 Å². The SMILES string of the molecule is Cc1cc(C(C)(C)C)ccc1N1c2cc(C(C)(C)C)cc3c2B(c2cc(C(C)(C)C)ccc2N3c2ccc(C(C)(C)C)cc2)c2c1oc1cc3c(cc21)C(C)(C)CCC3(C)C. The standard InChI is InChI=1S/C57H69BN2O/c1-34-28-36(53(5,6)7)20-24-44(34)60-47-31-38(55(11,12)13)30-46-50(47)58(49-40-32-41-42(33-48(40)61-51(49)60)57(16,17)27-26-56(41,14)15)43-29-37(54(8,9)10)21-25-45(43)59(46)39-22-18-35(19-23-39)52(2,3)4/h18-25,28-33H,26-27H2,1-17H3. The second kappa shape index (κ2) is 13.2. The Kier molecular flexibility index (Phi) is 8.99. The van der Waals surface area contributed by atoms with Crippen LogP contribution in [0.25, 0.3) is 11.0 Å². The van der Waals surface area contributed by atoms with Crippen LogP contribution in [0.1, 0.15) is 163 Å². The Morgan fingerprint density at radius 3 is 1.52 bits per heavy atom. The van der Waals surface area contributed by atoms with E-state index in [0.29, 0.717) is 0 Å². The molecule has 0 fully saturated rings. The third kappa shape index (κ3) is 6.60. The molecular weight excluding hydrogens is 739 g/mol. The Morgan fingerprint density at radius 2 is 0.984 bits per heavy atom. The number of fused-ring (bicyclic) bond motifs is 7. The van der Waals surface area contributed by atoms with Crippen molar-refractivity contribution < 1.29 is 4.42 Å². The Morgan fingerprint density at radius 1 is 0.492 bits per heavy atom. The highest BCUT2D eigenvalue weighted by Crippen LogP contribution is 2.52. The van der Waals surface area contributed by atoms with E-state index >= 15 is 0 Å². The molecule has 3 heterocycles. The first-order chi connectivity index (χ1) is 28.2. The lowest BCUT2D eigenvalue weighted by Gasteiger charge is -2.44. The van der Waals surface area contributed by atoms with Crippen molar-refractivity contribution in [2.75, 3.05) is 9.80 Å². The van der Waals surface area contributed by atoms with Gasteiger partial charge in [-0.3, -0.25) is 4.90 Å². The van der Waals surface area contributed by atoms with Crippen LogP contribution in [0.3, 0.4) is 0 Å². The van der Waals surface area contributed by atoms with Crippen LogP contribution in [0.15, 0.2) is 89.3 Å². The van der Waals surface area contributed by atoms with Gasteiger partial charge in [-0.1, -0.05) is 147 Å². The van der Waals surface area contributed by atoms with E-state index in [9.17, 15) is 0 Å². The third-order valence-corrected chi connectivity index (χ3v) is 14.7. The van der Waals surface area contributed by atoms with Gasteiger partial charge in [0.05, 0.1) is 5.69 Å². The molecule has 0 spiro atoms. The molecule has 6 aromatic rings. The van der Waals surface area contributed by atoms with E-state index in [1.54, 1.807) is 0 Å². The summed E-state index contributed by atoms with van der Waals surface area (Å²) in [6.07, 6.45) is 2.32. The molecule has 61 heavy (non-hydrogen) atoms. The van der Waals surface area contributed by atoms with E-state index < -0.39 is 0 Å². The zero-order valence-corrected chi connectivity index (χ0v) is 40.4. The van der Waals surface area contributed by atoms with Crippen molar-refractivity contribution in [2.24, 2.45) is 0 Å². The first kappa shape index (κ1) is 41.6. The summed E-state index contributed by atoms with van der Waals surface area (Å²) in [6, 6.07) is 33.8. The maximum Gasteiger partial charge on any atom is 0.257 e. The lowest BCUT2D eigenvalue weighted by atomic mass is 9.33. The van der Waals surface area contributed by atoms with Gasteiger partial charge in [-0.15, -0.1) is 0 Å². The Labute approximate surface area is 368 Å². The van der Waals surface area contributed by atoms with E-state index in [1.165, 1.54) is 89.2 Å². The van der Waals surface area contributed by atoms with E-state index in [-0.39, 0.29) is 39.2 Å². The smallest absolute Gasteiger partial charge is 0.257 e. The monoisotopic (exact) mass is 809 g/mol. The van der Waals surface area contributed by atoms with Crippen LogP contribution in [0.4, 0.5) is 34.3 Å². The van der Waals surface area contributed by atoms with Crippen molar-refractivity contribution in [3.05, 3.63) is 124 Å². The van der Waals surface area contributed by atoms with Crippen molar-refractivity contribution >= 4 is 68.4 Å². The van der Waals surface area contributed by atoms with Crippen molar-refractivity contribution in [3.63, 3.8) is 0 Å². The average molecular weight is 809 g/mol. The molecule has 0 bridgehead atoms. The van der Waals surface area contributed by atoms with Gasteiger partial charge in [0, 0.05) is 33.6 Å². The van der Waals surface area contributed by atoms with Gasteiger partial charge in [-0.05, 0) is 151 Å². The highest BCUT2D eigenvalue weighted by molar-refractivity contribution is 7.01. The number of furan rings is 1. The second-order valence-electron chi connectivity index (χ2n) is 24.3. The van der Waals surface area contributed by atoms with Gasteiger partial charge in [-0.25, -0.2) is 0 Å². The minimum atomic E-state index is -0.111. The molecular formula is C57H69BN2O. The Balaban J connectivity index is 1.45. The maximum absolute atomic E-state index is 7.50. The number of rotatable bonds is 2. The average Bonchev–Trinajstić information content (AvgIpc) is 3.53. The molecule has 0 atom stereocenters. The van der Waals surface area contributed by atoms with Crippen molar-refractivity contribution in [2.45, 2.75) is 163 Å². The normalized spacial score (nSPS) is 17.0. The summed E-state index contributed by atoms with van der Waals surface area (Å²) in [7, 11) is 0. The molecule has 0 amide bonds. The van der Waals surface area contributed by atoms with Gasteiger partial charge in [0.2, 0.25) is 5.88 Å². The first-order valence-corrected chi connectivity index (χ1v) is 22.9. The molecule has 0 saturated carbocycles. The molecule has 0 saturated heterocycles. The zero-order valence-electron chi connectivity index (χ0n) is 40.4. The largest absolute Gasteiger partial charge is 0.440 e. The van der Waals surface area contributed by atoms with E-state index in [4.69, 9.17) is 4.42 Å². The topological polar surface area (TPSA) is 19.6 Å². The number of anilines is 6. The first-order valence-electron chi connectivity index (χ1n) is 22.9. The van der Waals surface area contributed by atoms with Crippen molar-refractivity contribution in [1.29, 1.82) is 0 Å². The Hall–Kier alpha value is -4.70. The van der Waals surface area contributed by atoms with Crippen LogP contribution in [-0.4, -0.2) is 6.71 Å². The van der Waals surface area contributed by atoms with Gasteiger partial charge in [0.25, 0.3) is 6.71 Å². The van der Waals surface area contributed by atoms with Gasteiger partial charge in [0.1, 0.15) is 5.58 Å². The molecule has 1 aliphatic carbocycles. The third-order valence-electron chi connectivity index (χ3n) is 14.7. The summed E-state index contributed by atoms with van der Waals surface area (Å²) in [6.45, 7) is 39.9. The molecule has 0 radical (unpaired) electrons. The molecule has 0 N–H and O–H groups in total. The molecule has 9 rings (SSSR count). The molecule has 316 valence electrons. The zero-order chi connectivity index (χ0) is 44.1. The fraction of sp³-hybridized carbons (Fsp3) is 0.439. The van der Waals surface area contributed by atoms with E-state index in [0.717, 1.165) is 24.3 Å². The highest BCUT2D eigenvalue weighted by Gasteiger charge is 2.48. The summed E-state index contributed by atoms with van der Waals surface area (Å²) in [4.78, 5) is 5.09. The summed E-state index contributed by atoms with van der Waals surface area (Å²) < 4.78 is 7.50. The number of benzene rings is 5. The van der Waals surface area contributed by atoms with Crippen LogP contribution in [0.5, 0.6) is 0 Å². The predicted octanol–water partition coefficient (Wildman–Crippen LogP) is 14.4. The summed E-state index contributed by atoms with van der Waals surface area (Å²) >= 11 is 0. The van der Waals surface area contributed by atoms with Crippen molar-refractivity contribution in [1.82, 2.24) is 0 Å². The Bertz CT molecular complexity index is 2750. The lowest BCUT2D eigenvalue weighted by molar-refractivity contribution is 0.332. The highest BCUT2D eigenvalue weighted by atomic mass is 16.4. The fourth-order valence-corrected chi connectivity index (χ4v) is 10.5. The maximum atomic E-state index is 7.50. The van der Waals surface area contributed by atoms with Gasteiger partial charge in [0.15, 0.2) is 0 Å². The van der Waals surface area contributed by atoms with Gasteiger partial charge in [-0.2, -0.15) is 0 Å². The molecule has 1 aromatic heterocycles. The number of aryl methyl sites for hydroxylation is 1. The molecule has 3 nitrogen and oxygen atoms in total. The predicted molar refractivity (Wildman–Crippen MR) is 265 cm³/mol. The van der Waals surface area contributed by atoms with Crippen LogP contribution < -0.4 is 26.2 Å². The molecule has 0 unspecified atom stereocenters. The van der Waals surface area contributed by atoms with Crippen LogP contribution in [0, 0.1) is 6.92 Å².